The second kappa shape index (κ2) is 7.68. The molecule has 0 aliphatic rings. The van der Waals surface area contributed by atoms with Crippen molar-refractivity contribution in [1.82, 2.24) is 9.78 Å². The summed E-state index contributed by atoms with van der Waals surface area (Å²) in [5.74, 6) is -0.925. The minimum absolute atomic E-state index is 0.0961. The van der Waals surface area contributed by atoms with Gasteiger partial charge in [-0.15, -0.1) is 0 Å². The highest BCUT2D eigenvalue weighted by Crippen LogP contribution is 2.38. The zero-order valence-electron chi connectivity index (χ0n) is 14.7. The summed E-state index contributed by atoms with van der Waals surface area (Å²) in [5, 5.41) is 5.04. The minimum atomic E-state index is -4.22. The third kappa shape index (κ3) is 4.11. The quantitative estimate of drug-likeness (QED) is 0.664. The molecule has 2 rings (SSSR count). The second-order valence-electron chi connectivity index (χ2n) is 5.96. The average Bonchev–Trinajstić information content (AvgIpc) is 2.89. The number of nitrogens with zero attached hydrogens (tertiary/aromatic N) is 2. The third-order valence-corrected chi connectivity index (χ3v) is 4.61. The monoisotopic (exact) mass is 374 g/mol. The number of aryl methyl sites for hydroxylation is 2. The van der Waals surface area contributed by atoms with Crippen LogP contribution in [0.4, 0.5) is 13.2 Å². The number of benzene rings is 1. The number of hydrogen-bond donors (Lipinski definition) is 0. The van der Waals surface area contributed by atoms with Gasteiger partial charge >= 0.3 is 6.18 Å². The van der Waals surface area contributed by atoms with Crippen LogP contribution in [0.15, 0.2) is 18.2 Å². The molecule has 0 aliphatic heterocycles. The van der Waals surface area contributed by atoms with Crippen LogP contribution in [0.2, 0.25) is 5.02 Å². The van der Waals surface area contributed by atoms with E-state index in [1.165, 1.54) is 14.0 Å². The molecule has 0 aliphatic carbocycles. The maximum Gasteiger partial charge on any atom is 0.391 e. The molecule has 0 radical (unpaired) electrons. The fourth-order valence-electron chi connectivity index (χ4n) is 2.73. The SMILES string of the molecule is CCc1nn(CC)c(-c2ccc(C[C@H](C)C(F)(F)F)cc2OC)c1Cl. The first-order valence-electron chi connectivity index (χ1n) is 8.22. The lowest BCUT2D eigenvalue weighted by Gasteiger charge is -2.17. The summed E-state index contributed by atoms with van der Waals surface area (Å²) in [5.41, 5.74) is 2.81. The Balaban J connectivity index is 2.46. The highest BCUT2D eigenvalue weighted by Gasteiger charge is 2.35. The van der Waals surface area contributed by atoms with Gasteiger partial charge in [0.25, 0.3) is 0 Å². The van der Waals surface area contributed by atoms with E-state index in [-0.39, 0.29) is 6.42 Å². The van der Waals surface area contributed by atoms with E-state index >= 15 is 0 Å². The van der Waals surface area contributed by atoms with Crippen molar-refractivity contribution in [2.75, 3.05) is 7.11 Å². The minimum Gasteiger partial charge on any atom is -0.496 e. The molecule has 138 valence electrons. The Morgan fingerprint density at radius 2 is 1.96 bits per heavy atom. The Bertz CT molecular complexity index is 741. The normalized spacial score (nSPS) is 13.1. The number of halogens is 4. The lowest BCUT2D eigenvalue weighted by molar-refractivity contribution is -0.169. The lowest BCUT2D eigenvalue weighted by Crippen LogP contribution is -2.21. The van der Waals surface area contributed by atoms with Gasteiger partial charge in [0.15, 0.2) is 0 Å². The maximum atomic E-state index is 12.8. The van der Waals surface area contributed by atoms with E-state index in [0.29, 0.717) is 29.3 Å². The third-order valence-electron chi connectivity index (χ3n) is 4.22. The molecule has 1 atom stereocenters. The fraction of sp³-hybridized carbons (Fsp3) is 0.500. The van der Waals surface area contributed by atoms with Crippen LogP contribution >= 0.6 is 11.6 Å². The van der Waals surface area contributed by atoms with E-state index in [9.17, 15) is 13.2 Å². The van der Waals surface area contributed by atoms with Crippen LogP contribution in [0, 0.1) is 5.92 Å². The van der Waals surface area contributed by atoms with Crippen LogP contribution in [0.3, 0.4) is 0 Å². The largest absolute Gasteiger partial charge is 0.496 e. The van der Waals surface area contributed by atoms with Gasteiger partial charge < -0.3 is 4.74 Å². The van der Waals surface area contributed by atoms with Gasteiger partial charge in [-0.1, -0.05) is 31.5 Å². The Kier molecular flexibility index (Phi) is 6.03. The molecule has 0 unspecified atom stereocenters. The second-order valence-corrected chi connectivity index (χ2v) is 6.34. The highest BCUT2D eigenvalue weighted by molar-refractivity contribution is 6.33. The zero-order valence-corrected chi connectivity index (χ0v) is 15.5. The van der Waals surface area contributed by atoms with Gasteiger partial charge in [-0.25, -0.2) is 0 Å². The summed E-state index contributed by atoms with van der Waals surface area (Å²) in [7, 11) is 1.50. The molecule has 1 aromatic carbocycles. The zero-order chi connectivity index (χ0) is 18.8. The van der Waals surface area contributed by atoms with Crippen molar-refractivity contribution in [3.8, 4) is 17.0 Å². The molecule has 1 heterocycles. The Labute approximate surface area is 150 Å². The predicted octanol–water partition coefficient (Wildman–Crippen LogP) is 5.54. The van der Waals surface area contributed by atoms with E-state index in [2.05, 4.69) is 5.10 Å². The molecule has 2 aromatic rings. The molecule has 0 bridgehead atoms. The first-order chi connectivity index (χ1) is 11.7. The maximum absolute atomic E-state index is 12.8. The van der Waals surface area contributed by atoms with Crippen LogP contribution in [-0.4, -0.2) is 23.1 Å². The van der Waals surface area contributed by atoms with E-state index in [1.807, 2.05) is 13.8 Å². The van der Waals surface area contributed by atoms with Crippen molar-refractivity contribution in [2.45, 2.75) is 46.3 Å². The fourth-order valence-corrected chi connectivity index (χ4v) is 3.10. The van der Waals surface area contributed by atoms with Gasteiger partial charge in [0.1, 0.15) is 5.75 Å². The van der Waals surface area contributed by atoms with Crippen LogP contribution < -0.4 is 4.74 Å². The average molecular weight is 375 g/mol. The molecule has 0 N–H and O–H groups in total. The molecular weight excluding hydrogens is 353 g/mol. The molecule has 7 heteroatoms. The van der Waals surface area contributed by atoms with E-state index in [1.54, 1.807) is 22.9 Å². The van der Waals surface area contributed by atoms with Crippen molar-refractivity contribution in [1.29, 1.82) is 0 Å². The van der Waals surface area contributed by atoms with Crippen molar-refractivity contribution < 1.29 is 17.9 Å². The van der Waals surface area contributed by atoms with E-state index < -0.39 is 12.1 Å². The Hall–Kier alpha value is -1.69. The molecule has 0 saturated carbocycles. The number of ether oxygens (including phenoxy) is 1. The molecule has 0 spiro atoms. The predicted molar refractivity (Wildman–Crippen MR) is 93.2 cm³/mol. The van der Waals surface area contributed by atoms with Gasteiger partial charge in [-0.3, -0.25) is 4.68 Å². The van der Waals surface area contributed by atoms with Gasteiger partial charge in [-0.2, -0.15) is 18.3 Å². The Morgan fingerprint density at radius 1 is 1.28 bits per heavy atom. The number of rotatable bonds is 6. The van der Waals surface area contributed by atoms with E-state index in [0.717, 1.165) is 17.0 Å². The molecular formula is C18H22ClF3N2O. The highest BCUT2D eigenvalue weighted by atomic mass is 35.5. The number of alkyl halides is 3. The first kappa shape index (κ1) is 19.6. The van der Waals surface area contributed by atoms with Crippen molar-refractivity contribution in [3.63, 3.8) is 0 Å². The van der Waals surface area contributed by atoms with Gasteiger partial charge in [-0.05, 0) is 37.5 Å². The van der Waals surface area contributed by atoms with Crippen LogP contribution in [0.25, 0.3) is 11.3 Å². The molecule has 0 amide bonds. The van der Waals surface area contributed by atoms with Crippen molar-refractivity contribution in [3.05, 3.63) is 34.5 Å². The van der Waals surface area contributed by atoms with E-state index in [4.69, 9.17) is 16.3 Å². The molecule has 0 fully saturated rings. The smallest absolute Gasteiger partial charge is 0.391 e. The van der Waals surface area contributed by atoms with Crippen molar-refractivity contribution in [2.24, 2.45) is 5.92 Å². The van der Waals surface area contributed by atoms with Crippen LogP contribution in [0.5, 0.6) is 5.75 Å². The lowest BCUT2D eigenvalue weighted by atomic mass is 9.98. The summed E-state index contributed by atoms with van der Waals surface area (Å²) in [4.78, 5) is 0. The summed E-state index contributed by atoms with van der Waals surface area (Å²) in [6.07, 6.45) is -3.62. The molecule has 3 nitrogen and oxygen atoms in total. The van der Waals surface area contributed by atoms with Gasteiger partial charge in [0, 0.05) is 12.1 Å². The summed E-state index contributed by atoms with van der Waals surface area (Å²) in [6.45, 7) is 5.73. The summed E-state index contributed by atoms with van der Waals surface area (Å²) >= 11 is 6.47. The summed E-state index contributed by atoms with van der Waals surface area (Å²) < 4.78 is 45.6. The van der Waals surface area contributed by atoms with Gasteiger partial charge in [0.2, 0.25) is 0 Å². The first-order valence-corrected chi connectivity index (χ1v) is 8.59. The number of hydrogen-bond acceptors (Lipinski definition) is 2. The summed E-state index contributed by atoms with van der Waals surface area (Å²) in [6, 6.07) is 5.09. The topological polar surface area (TPSA) is 27.1 Å². The molecule has 0 saturated heterocycles. The standard InChI is InChI=1S/C18H22ClF3N2O/c1-5-14-16(19)17(24(6-2)23-14)13-8-7-12(10-15(13)25-4)9-11(3)18(20,21)22/h7-8,10-11H,5-6,9H2,1-4H3/t11-/m0/s1. The van der Waals surface area contributed by atoms with Gasteiger partial charge in [0.05, 0.1) is 29.4 Å². The molecule has 25 heavy (non-hydrogen) atoms. The Morgan fingerprint density at radius 3 is 2.48 bits per heavy atom. The van der Waals surface area contributed by atoms with Crippen LogP contribution in [-0.2, 0) is 19.4 Å². The van der Waals surface area contributed by atoms with Crippen molar-refractivity contribution >= 4 is 11.6 Å². The number of methoxy groups -OCH3 is 1. The number of aromatic nitrogens is 2. The molecule has 1 aromatic heterocycles. The van der Waals surface area contributed by atoms with Crippen LogP contribution in [0.1, 0.15) is 32.0 Å².